The molecule has 0 spiro atoms. The number of thioether (sulfide) groups is 1. The van der Waals surface area contributed by atoms with Gasteiger partial charge in [0.15, 0.2) is 0 Å². The van der Waals surface area contributed by atoms with Crippen LogP contribution in [-0.4, -0.2) is 52.3 Å². The Bertz CT molecular complexity index is 560. The van der Waals surface area contributed by atoms with Gasteiger partial charge in [-0.15, -0.1) is 0 Å². The number of aliphatic hydroxyl groups is 1. The minimum absolute atomic E-state index is 0.0717. The largest absolute Gasteiger partial charge is 0.478 e. The number of amides is 2. The lowest BCUT2D eigenvalue weighted by Gasteiger charge is -2.24. The fourth-order valence-corrected chi connectivity index (χ4v) is 2.73. The molecule has 3 N–H and O–H groups in total. The van der Waals surface area contributed by atoms with Crippen LogP contribution in [0.4, 0.5) is 10.5 Å². The number of aliphatic hydroxyl groups excluding tert-OH is 1. The van der Waals surface area contributed by atoms with Crippen molar-refractivity contribution in [2.24, 2.45) is 0 Å². The average molecular weight is 310 g/mol. The van der Waals surface area contributed by atoms with Crippen LogP contribution in [0.2, 0.25) is 0 Å². The Kier molecular flexibility index (Phi) is 4.81. The molecule has 0 saturated carbocycles. The Hall–Kier alpha value is -2.06. The molecule has 21 heavy (non-hydrogen) atoms. The van der Waals surface area contributed by atoms with Gasteiger partial charge in [-0.1, -0.05) is 11.8 Å². The number of carboxylic acids is 1. The maximum atomic E-state index is 12.4. The number of carboxylic acid groups (broad SMARTS) is 1. The third kappa shape index (κ3) is 3.53. The summed E-state index contributed by atoms with van der Waals surface area (Å²) in [6.07, 6.45) is 0. The number of nitrogens with one attached hydrogen (secondary N) is 1. The lowest BCUT2D eigenvalue weighted by molar-refractivity contribution is -0.119. The van der Waals surface area contributed by atoms with E-state index in [0.717, 1.165) is 11.8 Å². The Morgan fingerprint density at radius 3 is 2.48 bits per heavy atom. The molecule has 112 valence electrons. The highest BCUT2D eigenvalue weighted by atomic mass is 32.2. The van der Waals surface area contributed by atoms with Gasteiger partial charge in [-0.25, -0.2) is 4.79 Å². The summed E-state index contributed by atoms with van der Waals surface area (Å²) < 4.78 is 0. The van der Waals surface area contributed by atoms with Crippen LogP contribution in [0.3, 0.4) is 0 Å². The number of aromatic carboxylic acids is 1. The maximum absolute atomic E-state index is 12.4. The van der Waals surface area contributed by atoms with Gasteiger partial charge in [-0.3, -0.25) is 9.59 Å². The molecule has 1 aliphatic rings. The second kappa shape index (κ2) is 6.59. The predicted octanol–water partition coefficient (Wildman–Crippen LogP) is 0.535. The molecule has 2 rings (SSSR count). The van der Waals surface area contributed by atoms with E-state index in [2.05, 4.69) is 5.32 Å². The molecule has 0 radical (unpaired) electrons. The van der Waals surface area contributed by atoms with E-state index in [1.54, 1.807) is 0 Å². The van der Waals surface area contributed by atoms with Crippen molar-refractivity contribution in [2.45, 2.75) is 6.04 Å². The third-order valence-electron chi connectivity index (χ3n) is 2.99. The average Bonchev–Trinajstić information content (AvgIpc) is 2.91. The molecular weight excluding hydrogens is 296 g/mol. The first kappa shape index (κ1) is 15.3. The monoisotopic (exact) mass is 310 g/mol. The summed E-state index contributed by atoms with van der Waals surface area (Å²) in [7, 11) is 0. The molecule has 0 bridgehead atoms. The summed E-state index contributed by atoms with van der Waals surface area (Å²) in [5, 5.41) is 20.3. The number of carbonyl (C=O) groups is 3. The van der Waals surface area contributed by atoms with Crippen molar-refractivity contribution >= 4 is 34.6 Å². The standard InChI is InChI=1S/C13H14N2O5S/c16-6-5-15(11(17)10-7-21-13(20)14-10)9-3-1-8(2-4-9)12(18)19/h1-4,10,16H,5-7H2,(H,14,20)(H,18,19). The van der Waals surface area contributed by atoms with Gasteiger partial charge in [0.25, 0.3) is 11.1 Å². The first-order chi connectivity index (χ1) is 10.0. The molecule has 1 atom stereocenters. The van der Waals surface area contributed by atoms with E-state index in [4.69, 9.17) is 10.2 Å². The summed E-state index contributed by atoms with van der Waals surface area (Å²) in [6, 6.07) is 5.14. The first-order valence-corrected chi connectivity index (χ1v) is 7.20. The summed E-state index contributed by atoms with van der Waals surface area (Å²) >= 11 is 1.03. The predicted molar refractivity (Wildman–Crippen MR) is 77.6 cm³/mol. The van der Waals surface area contributed by atoms with Crippen molar-refractivity contribution in [1.82, 2.24) is 5.32 Å². The molecule has 1 heterocycles. The number of hydrogen-bond donors (Lipinski definition) is 3. The Morgan fingerprint density at radius 2 is 2.00 bits per heavy atom. The molecule has 1 fully saturated rings. The van der Waals surface area contributed by atoms with E-state index in [9.17, 15) is 14.4 Å². The molecule has 0 aromatic heterocycles. The molecule has 0 aliphatic carbocycles. The van der Waals surface area contributed by atoms with Crippen LogP contribution in [0.25, 0.3) is 0 Å². The number of carbonyl (C=O) groups excluding carboxylic acids is 2. The molecule has 1 aromatic rings. The molecule has 1 saturated heterocycles. The van der Waals surface area contributed by atoms with Gasteiger partial charge in [-0.05, 0) is 24.3 Å². The number of anilines is 1. The van der Waals surface area contributed by atoms with Crippen molar-refractivity contribution in [1.29, 1.82) is 0 Å². The van der Waals surface area contributed by atoms with Gasteiger partial charge < -0.3 is 20.4 Å². The van der Waals surface area contributed by atoms with E-state index >= 15 is 0 Å². The molecule has 1 aromatic carbocycles. The minimum atomic E-state index is -1.05. The Morgan fingerprint density at radius 1 is 1.33 bits per heavy atom. The van der Waals surface area contributed by atoms with Gasteiger partial charge in [0.05, 0.1) is 12.2 Å². The van der Waals surface area contributed by atoms with Gasteiger partial charge in [0, 0.05) is 18.0 Å². The fraction of sp³-hybridized carbons (Fsp3) is 0.308. The molecule has 1 unspecified atom stereocenters. The lowest BCUT2D eigenvalue weighted by Crippen LogP contribution is -2.46. The highest BCUT2D eigenvalue weighted by molar-refractivity contribution is 8.14. The van der Waals surface area contributed by atoms with E-state index in [1.807, 2.05) is 0 Å². The highest BCUT2D eigenvalue weighted by Gasteiger charge is 2.31. The van der Waals surface area contributed by atoms with E-state index in [0.29, 0.717) is 11.4 Å². The number of hydrogen-bond acceptors (Lipinski definition) is 5. The van der Waals surface area contributed by atoms with Gasteiger partial charge in [-0.2, -0.15) is 0 Å². The SMILES string of the molecule is O=C1NC(C(=O)N(CCO)c2ccc(C(=O)O)cc2)CS1. The van der Waals surface area contributed by atoms with Crippen LogP contribution < -0.4 is 10.2 Å². The van der Waals surface area contributed by atoms with Crippen molar-refractivity contribution < 1.29 is 24.6 Å². The summed E-state index contributed by atoms with van der Waals surface area (Å²) in [4.78, 5) is 35.7. The topological polar surface area (TPSA) is 107 Å². The van der Waals surface area contributed by atoms with Crippen LogP contribution >= 0.6 is 11.8 Å². The molecule has 1 aliphatic heterocycles. The second-order valence-corrected chi connectivity index (χ2v) is 5.35. The van der Waals surface area contributed by atoms with Crippen LogP contribution in [0.15, 0.2) is 24.3 Å². The van der Waals surface area contributed by atoms with Crippen molar-refractivity contribution in [2.75, 3.05) is 23.8 Å². The van der Waals surface area contributed by atoms with Crippen molar-refractivity contribution in [3.8, 4) is 0 Å². The van der Waals surface area contributed by atoms with Crippen molar-refractivity contribution in [3.63, 3.8) is 0 Å². The summed E-state index contributed by atoms with van der Waals surface area (Å²) in [5.41, 5.74) is 0.588. The number of rotatable bonds is 5. The maximum Gasteiger partial charge on any atom is 0.335 e. The van der Waals surface area contributed by atoms with Crippen molar-refractivity contribution in [3.05, 3.63) is 29.8 Å². The third-order valence-corrected chi connectivity index (χ3v) is 3.87. The lowest BCUT2D eigenvalue weighted by atomic mass is 10.1. The Labute approximate surface area is 124 Å². The normalized spacial score (nSPS) is 17.4. The molecule has 8 heteroatoms. The summed E-state index contributed by atoms with van der Waals surface area (Å²) in [6.45, 7) is -0.164. The van der Waals surface area contributed by atoms with E-state index in [1.165, 1.54) is 29.2 Å². The highest BCUT2D eigenvalue weighted by Crippen LogP contribution is 2.20. The smallest absolute Gasteiger partial charge is 0.335 e. The quantitative estimate of drug-likeness (QED) is 0.732. The van der Waals surface area contributed by atoms with E-state index < -0.39 is 12.0 Å². The van der Waals surface area contributed by atoms with Crippen LogP contribution in [0, 0.1) is 0 Å². The summed E-state index contributed by atoms with van der Waals surface area (Å²) in [5.74, 6) is -1.04. The van der Waals surface area contributed by atoms with Gasteiger partial charge in [0.1, 0.15) is 6.04 Å². The van der Waals surface area contributed by atoms with E-state index in [-0.39, 0.29) is 29.9 Å². The van der Waals surface area contributed by atoms with Crippen LogP contribution in [0.5, 0.6) is 0 Å². The molecular formula is C13H14N2O5S. The molecule has 7 nitrogen and oxygen atoms in total. The fourth-order valence-electron chi connectivity index (χ4n) is 1.96. The zero-order chi connectivity index (χ0) is 15.4. The minimum Gasteiger partial charge on any atom is -0.478 e. The Balaban J connectivity index is 2.19. The van der Waals surface area contributed by atoms with Gasteiger partial charge in [0.2, 0.25) is 0 Å². The second-order valence-electron chi connectivity index (χ2n) is 4.36. The zero-order valence-corrected chi connectivity index (χ0v) is 11.8. The van der Waals surface area contributed by atoms with Crippen LogP contribution in [-0.2, 0) is 4.79 Å². The zero-order valence-electron chi connectivity index (χ0n) is 11.0. The first-order valence-electron chi connectivity index (χ1n) is 6.22. The number of benzene rings is 1. The van der Waals surface area contributed by atoms with Crippen LogP contribution in [0.1, 0.15) is 10.4 Å². The number of nitrogens with zero attached hydrogens (tertiary/aromatic N) is 1. The molecule has 2 amide bonds. The van der Waals surface area contributed by atoms with Gasteiger partial charge >= 0.3 is 5.97 Å².